The lowest BCUT2D eigenvalue weighted by molar-refractivity contribution is 1.24. The summed E-state index contributed by atoms with van der Waals surface area (Å²) in [5, 5.41) is 27.9. The molecule has 0 radical (unpaired) electrons. The summed E-state index contributed by atoms with van der Waals surface area (Å²) in [6.45, 7) is 5.42. The van der Waals surface area contributed by atoms with Crippen LogP contribution < -0.4 is 5.32 Å². The number of allylic oxidation sites excluding steroid dienone is 2. The molecule has 0 saturated carbocycles. The zero-order chi connectivity index (χ0) is 14.3. The largest absolute Gasteiger partial charge is 0.346 e. The Bertz CT molecular complexity index is 614. The van der Waals surface area contributed by atoms with Crippen LogP contribution in [-0.4, -0.2) is 10.7 Å². The van der Waals surface area contributed by atoms with Gasteiger partial charge in [0.25, 0.3) is 0 Å². The van der Waals surface area contributed by atoms with Gasteiger partial charge in [-0.1, -0.05) is 12.7 Å². The molecule has 0 aliphatic heterocycles. The molecule has 0 atom stereocenters. The summed E-state index contributed by atoms with van der Waals surface area (Å²) in [7, 11) is 0. The number of hydrogen-bond donors (Lipinski definition) is 2. The number of hydrogen-bond acceptors (Lipinski definition) is 5. The first kappa shape index (κ1) is 14.1. The third kappa shape index (κ3) is 3.79. The molecular formula is C14H13N5. The minimum Gasteiger partial charge on any atom is -0.346 e. The first-order valence-corrected chi connectivity index (χ1v) is 5.53. The van der Waals surface area contributed by atoms with Crippen molar-refractivity contribution in [1.82, 2.24) is 4.98 Å². The van der Waals surface area contributed by atoms with E-state index in [2.05, 4.69) is 16.9 Å². The Hall–Kier alpha value is -2.92. The van der Waals surface area contributed by atoms with Gasteiger partial charge in [-0.15, -0.1) is 0 Å². The molecule has 1 aromatic heterocycles. The minimum absolute atomic E-state index is 0.0271. The van der Waals surface area contributed by atoms with Gasteiger partial charge in [-0.2, -0.15) is 10.5 Å². The van der Waals surface area contributed by atoms with Crippen LogP contribution in [0.25, 0.3) is 0 Å². The van der Waals surface area contributed by atoms with Gasteiger partial charge < -0.3 is 10.7 Å². The quantitative estimate of drug-likeness (QED) is 0.621. The number of anilines is 1. The van der Waals surface area contributed by atoms with Gasteiger partial charge in [0.2, 0.25) is 0 Å². The number of aryl methyl sites for hydroxylation is 1. The fraction of sp³-hybridized carbons (Fsp3) is 0.143. The van der Waals surface area contributed by atoms with Crippen LogP contribution in [0.4, 0.5) is 5.82 Å². The molecule has 2 N–H and O–H groups in total. The lowest BCUT2D eigenvalue weighted by Gasteiger charge is -2.05. The van der Waals surface area contributed by atoms with E-state index in [0.29, 0.717) is 17.0 Å². The molecule has 0 amide bonds. The Morgan fingerprint density at radius 2 is 2.32 bits per heavy atom. The van der Waals surface area contributed by atoms with Crippen LogP contribution in [0.5, 0.6) is 0 Å². The van der Waals surface area contributed by atoms with Crippen molar-refractivity contribution in [1.29, 1.82) is 15.9 Å². The van der Waals surface area contributed by atoms with E-state index in [1.807, 2.05) is 19.1 Å². The van der Waals surface area contributed by atoms with Crippen molar-refractivity contribution in [3.05, 3.63) is 47.8 Å². The molecule has 0 aliphatic rings. The summed E-state index contributed by atoms with van der Waals surface area (Å²) in [5.74, 6) is 0.570. The lowest BCUT2D eigenvalue weighted by Crippen LogP contribution is -2.02. The lowest BCUT2D eigenvalue weighted by atomic mass is 10.1. The zero-order valence-corrected chi connectivity index (χ0v) is 10.6. The summed E-state index contributed by atoms with van der Waals surface area (Å²) in [4.78, 5) is 4.07. The van der Waals surface area contributed by atoms with Crippen LogP contribution in [0.1, 0.15) is 17.5 Å². The highest BCUT2D eigenvalue weighted by molar-refractivity contribution is 6.01. The molecule has 1 aromatic rings. The van der Waals surface area contributed by atoms with Crippen LogP contribution in [0.3, 0.4) is 0 Å². The topological polar surface area (TPSA) is 96.3 Å². The molecule has 0 spiro atoms. The maximum absolute atomic E-state index is 8.80. The van der Waals surface area contributed by atoms with E-state index in [0.717, 1.165) is 5.56 Å². The highest BCUT2D eigenvalue weighted by Crippen LogP contribution is 2.11. The van der Waals surface area contributed by atoms with E-state index >= 15 is 0 Å². The predicted octanol–water partition coefficient (Wildman–Crippen LogP) is 2.68. The number of pyridine rings is 1. The Labute approximate surface area is 112 Å². The number of nitrogens with one attached hydrogen (secondary N) is 2. The molecular weight excluding hydrogens is 238 g/mol. The first-order chi connectivity index (χ1) is 9.12. The van der Waals surface area contributed by atoms with Crippen molar-refractivity contribution in [2.24, 2.45) is 0 Å². The highest BCUT2D eigenvalue weighted by Gasteiger charge is 2.02. The zero-order valence-electron chi connectivity index (χ0n) is 10.6. The van der Waals surface area contributed by atoms with Gasteiger partial charge in [0.05, 0.1) is 23.8 Å². The Morgan fingerprint density at radius 1 is 1.58 bits per heavy atom. The molecule has 19 heavy (non-hydrogen) atoms. The van der Waals surface area contributed by atoms with Gasteiger partial charge in [0, 0.05) is 18.0 Å². The van der Waals surface area contributed by atoms with Gasteiger partial charge in [-0.3, -0.25) is 0 Å². The molecule has 0 aliphatic carbocycles. The molecule has 1 heterocycles. The second-order valence-corrected chi connectivity index (χ2v) is 3.76. The summed E-state index contributed by atoms with van der Waals surface area (Å²) >= 11 is 0. The van der Waals surface area contributed by atoms with E-state index in [1.165, 1.54) is 12.3 Å². The van der Waals surface area contributed by atoms with Gasteiger partial charge in [-0.05, 0) is 18.6 Å². The number of aromatic nitrogens is 1. The second-order valence-electron chi connectivity index (χ2n) is 3.76. The third-order valence-electron chi connectivity index (χ3n) is 2.43. The smallest absolute Gasteiger partial charge is 0.130 e. The maximum Gasteiger partial charge on any atom is 0.130 e. The van der Waals surface area contributed by atoms with E-state index in [-0.39, 0.29) is 12.1 Å². The van der Waals surface area contributed by atoms with Gasteiger partial charge in [0.15, 0.2) is 0 Å². The Balaban J connectivity index is 2.88. The Morgan fingerprint density at radius 3 is 2.84 bits per heavy atom. The summed E-state index contributed by atoms with van der Waals surface area (Å²) in [6, 6.07) is 5.69. The average Bonchev–Trinajstić information content (AvgIpc) is 2.40. The third-order valence-corrected chi connectivity index (χ3v) is 2.43. The standard InChI is InChI=1S/C14H13N5/c1-3-11(13(17)4-5-15)8-18-14-6-10(2)12(7-16)9-19-14/h3,6,8-9,17H,1,4H2,2H3,(H,18,19)/b11-8-,17-13?. The first-order valence-electron chi connectivity index (χ1n) is 5.53. The van der Waals surface area contributed by atoms with Crippen molar-refractivity contribution in [3.8, 4) is 12.1 Å². The average molecular weight is 251 g/mol. The van der Waals surface area contributed by atoms with Gasteiger partial charge >= 0.3 is 0 Å². The summed E-state index contributed by atoms with van der Waals surface area (Å²) in [5.41, 5.74) is 2.07. The van der Waals surface area contributed by atoms with Crippen molar-refractivity contribution in [2.75, 3.05) is 5.32 Å². The molecule has 5 heteroatoms. The molecule has 0 bridgehead atoms. The van der Waals surface area contributed by atoms with Crippen molar-refractivity contribution in [3.63, 3.8) is 0 Å². The van der Waals surface area contributed by atoms with Crippen molar-refractivity contribution < 1.29 is 0 Å². The number of rotatable bonds is 5. The highest BCUT2D eigenvalue weighted by atomic mass is 15.0. The monoisotopic (exact) mass is 251 g/mol. The molecule has 0 fully saturated rings. The van der Waals surface area contributed by atoms with Crippen LogP contribution in [0.15, 0.2) is 36.7 Å². The van der Waals surface area contributed by atoms with E-state index in [4.69, 9.17) is 15.9 Å². The second kappa shape index (κ2) is 6.73. The van der Waals surface area contributed by atoms with Crippen LogP contribution in [-0.2, 0) is 0 Å². The SMILES string of the molecule is C=C/C(=C/Nc1cc(C)c(C#N)cn1)C(=N)CC#N. The summed E-state index contributed by atoms with van der Waals surface area (Å²) in [6.07, 6.45) is 4.59. The van der Waals surface area contributed by atoms with Crippen LogP contribution >= 0.6 is 0 Å². The van der Waals surface area contributed by atoms with Gasteiger partial charge in [-0.25, -0.2) is 4.98 Å². The molecule has 0 unspecified atom stereocenters. The van der Waals surface area contributed by atoms with Crippen molar-refractivity contribution in [2.45, 2.75) is 13.3 Å². The normalized spacial score (nSPS) is 10.2. The van der Waals surface area contributed by atoms with Crippen LogP contribution in [0, 0.1) is 35.0 Å². The number of nitriles is 2. The minimum atomic E-state index is 0.0271. The molecule has 94 valence electrons. The molecule has 0 saturated heterocycles. The van der Waals surface area contributed by atoms with E-state index < -0.39 is 0 Å². The Kier molecular flexibility index (Phi) is 5.01. The fourth-order valence-corrected chi connectivity index (χ4v) is 1.35. The molecule has 0 aromatic carbocycles. The molecule has 5 nitrogen and oxygen atoms in total. The van der Waals surface area contributed by atoms with Crippen molar-refractivity contribution >= 4 is 11.5 Å². The van der Waals surface area contributed by atoms with Gasteiger partial charge in [0.1, 0.15) is 11.9 Å². The number of nitrogens with zero attached hydrogens (tertiary/aromatic N) is 3. The summed E-state index contributed by atoms with van der Waals surface area (Å²) < 4.78 is 0. The predicted molar refractivity (Wildman–Crippen MR) is 73.5 cm³/mol. The van der Waals surface area contributed by atoms with Crippen LogP contribution in [0.2, 0.25) is 0 Å². The molecule has 1 rings (SSSR count). The van der Waals surface area contributed by atoms with E-state index in [9.17, 15) is 0 Å². The fourth-order valence-electron chi connectivity index (χ4n) is 1.35. The maximum atomic E-state index is 8.80. The van der Waals surface area contributed by atoms with E-state index in [1.54, 1.807) is 12.3 Å².